The third-order valence-electron chi connectivity index (χ3n) is 2.84. The Kier molecular flexibility index (Phi) is 5.29. The first-order chi connectivity index (χ1) is 7.15. The van der Waals surface area contributed by atoms with Crippen molar-refractivity contribution in [3.8, 4) is 0 Å². The van der Waals surface area contributed by atoms with Gasteiger partial charge in [-0.2, -0.15) is 0 Å². The molecule has 0 aliphatic carbocycles. The fourth-order valence-corrected chi connectivity index (χ4v) is 2.34. The molecular formula is C12H21NOS. The van der Waals surface area contributed by atoms with Gasteiger partial charge in [-0.3, -0.25) is 0 Å². The second-order valence-corrected chi connectivity index (χ2v) is 5.35. The van der Waals surface area contributed by atoms with Gasteiger partial charge in [0.05, 0.1) is 0 Å². The van der Waals surface area contributed by atoms with Crippen molar-refractivity contribution in [2.24, 2.45) is 11.8 Å². The number of hydrogen-bond donors (Lipinski definition) is 2. The topological polar surface area (TPSA) is 32.3 Å². The van der Waals surface area contributed by atoms with Gasteiger partial charge in [0, 0.05) is 24.6 Å². The molecule has 15 heavy (non-hydrogen) atoms. The molecule has 0 saturated carbocycles. The second kappa shape index (κ2) is 6.26. The molecule has 0 bridgehead atoms. The van der Waals surface area contributed by atoms with E-state index >= 15 is 0 Å². The van der Waals surface area contributed by atoms with Crippen molar-refractivity contribution in [1.82, 2.24) is 5.32 Å². The second-order valence-electron chi connectivity index (χ2n) is 4.34. The van der Waals surface area contributed by atoms with Crippen LogP contribution in [0.3, 0.4) is 0 Å². The summed E-state index contributed by atoms with van der Waals surface area (Å²) in [5.41, 5.74) is 1.36. The maximum Gasteiger partial charge on any atom is 0.0473 e. The van der Waals surface area contributed by atoms with E-state index in [0.717, 1.165) is 13.1 Å². The molecule has 1 aromatic heterocycles. The highest BCUT2D eigenvalue weighted by atomic mass is 32.1. The molecule has 2 N–H and O–H groups in total. The van der Waals surface area contributed by atoms with Gasteiger partial charge in [0.25, 0.3) is 0 Å². The number of thiophene rings is 1. The summed E-state index contributed by atoms with van der Waals surface area (Å²) in [7, 11) is 0. The third kappa shape index (κ3) is 3.93. The van der Waals surface area contributed by atoms with Gasteiger partial charge < -0.3 is 10.4 Å². The average molecular weight is 227 g/mol. The number of rotatable bonds is 6. The van der Waals surface area contributed by atoms with Crippen LogP contribution in [0.25, 0.3) is 0 Å². The van der Waals surface area contributed by atoms with Crippen LogP contribution in [0.1, 0.15) is 24.3 Å². The predicted molar refractivity (Wildman–Crippen MR) is 66.2 cm³/mol. The molecule has 0 aliphatic heterocycles. The minimum atomic E-state index is 0.272. The molecule has 0 fully saturated rings. The molecule has 1 rings (SSSR count). The van der Waals surface area contributed by atoms with Crippen LogP contribution in [0.15, 0.2) is 11.4 Å². The molecule has 1 atom stereocenters. The molecule has 3 heteroatoms. The lowest BCUT2D eigenvalue weighted by atomic mass is 9.97. The van der Waals surface area contributed by atoms with E-state index in [2.05, 4.69) is 37.5 Å². The minimum Gasteiger partial charge on any atom is -0.396 e. The summed E-state index contributed by atoms with van der Waals surface area (Å²) in [4.78, 5) is 1.40. The quantitative estimate of drug-likeness (QED) is 0.782. The SMILES string of the molecule is Cc1ccsc1CNCC(CO)C(C)C. The van der Waals surface area contributed by atoms with Crippen molar-refractivity contribution < 1.29 is 5.11 Å². The summed E-state index contributed by atoms with van der Waals surface area (Å²) in [5.74, 6) is 0.900. The Morgan fingerprint density at radius 3 is 2.67 bits per heavy atom. The maximum atomic E-state index is 9.17. The van der Waals surface area contributed by atoms with E-state index in [9.17, 15) is 5.11 Å². The van der Waals surface area contributed by atoms with E-state index in [1.807, 2.05) is 0 Å². The number of aryl methyl sites for hydroxylation is 1. The van der Waals surface area contributed by atoms with Gasteiger partial charge in [-0.15, -0.1) is 11.3 Å². The summed E-state index contributed by atoms with van der Waals surface area (Å²) >= 11 is 1.79. The number of aliphatic hydroxyl groups excluding tert-OH is 1. The van der Waals surface area contributed by atoms with Crippen molar-refractivity contribution >= 4 is 11.3 Å². The average Bonchev–Trinajstić information content (AvgIpc) is 2.58. The molecule has 0 aromatic carbocycles. The molecule has 0 aliphatic rings. The van der Waals surface area contributed by atoms with Crippen LogP contribution in [-0.4, -0.2) is 18.3 Å². The lowest BCUT2D eigenvalue weighted by Gasteiger charge is -2.18. The third-order valence-corrected chi connectivity index (χ3v) is 3.86. The first kappa shape index (κ1) is 12.7. The van der Waals surface area contributed by atoms with Gasteiger partial charge in [0.15, 0.2) is 0 Å². The molecule has 0 spiro atoms. The highest BCUT2D eigenvalue weighted by Gasteiger charge is 2.11. The molecule has 1 unspecified atom stereocenters. The molecule has 1 heterocycles. The Bertz CT molecular complexity index is 283. The highest BCUT2D eigenvalue weighted by Crippen LogP contribution is 2.15. The Morgan fingerprint density at radius 2 is 2.20 bits per heavy atom. The normalized spacial score (nSPS) is 13.4. The van der Waals surface area contributed by atoms with Crippen molar-refractivity contribution in [3.63, 3.8) is 0 Å². The van der Waals surface area contributed by atoms with Crippen LogP contribution in [-0.2, 0) is 6.54 Å². The highest BCUT2D eigenvalue weighted by molar-refractivity contribution is 7.10. The largest absolute Gasteiger partial charge is 0.396 e. The smallest absolute Gasteiger partial charge is 0.0473 e. The van der Waals surface area contributed by atoms with Crippen molar-refractivity contribution in [2.75, 3.05) is 13.2 Å². The fourth-order valence-electron chi connectivity index (χ4n) is 1.47. The standard InChI is InChI=1S/C12H21NOS/c1-9(2)11(8-14)6-13-7-12-10(3)4-5-15-12/h4-5,9,11,13-14H,6-8H2,1-3H3. The Balaban J connectivity index is 2.29. The lowest BCUT2D eigenvalue weighted by Crippen LogP contribution is -2.28. The number of aliphatic hydroxyl groups is 1. The minimum absolute atomic E-state index is 0.272. The predicted octanol–water partition coefficient (Wildman–Crippen LogP) is 2.41. The van der Waals surface area contributed by atoms with Crippen LogP contribution < -0.4 is 5.32 Å². The fraction of sp³-hybridized carbons (Fsp3) is 0.667. The molecule has 2 nitrogen and oxygen atoms in total. The van der Waals surface area contributed by atoms with Gasteiger partial charge in [-0.05, 0) is 35.8 Å². The zero-order valence-corrected chi connectivity index (χ0v) is 10.6. The van der Waals surface area contributed by atoms with E-state index in [4.69, 9.17) is 0 Å². The van der Waals surface area contributed by atoms with Gasteiger partial charge in [-0.1, -0.05) is 13.8 Å². The maximum absolute atomic E-state index is 9.17. The summed E-state index contributed by atoms with van der Waals surface area (Å²) in [5, 5.41) is 14.7. The molecule has 0 amide bonds. The Hall–Kier alpha value is -0.380. The van der Waals surface area contributed by atoms with Crippen LogP contribution >= 0.6 is 11.3 Å². The van der Waals surface area contributed by atoms with E-state index in [1.54, 1.807) is 11.3 Å². The van der Waals surface area contributed by atoms with Crippen molar-refractivity contribution in [2.45, 2.75) is 27.3 Å². The van der Waals surface area contributed by atoms with Crippen molar-refractivity contribution in [1.29, 1.82) is 0 Å². The number of nitrogens with one attached hydrogen (secondary N) is 1. The van der Waals surface area contributed by atoms with Crippen molar-refractivity contribution in [3.05, 3.63) is 21.9 Å². The van der Waals surface area contributed by atoms with E-state index in [-0.39, 0.29) is 6.61 Å². The van der Waals surface area contributed by atoms with E-state index in [0.29, 0.717) is 11.8 Å². The number of hydrogen-bond acceptors (Lipinski definition) is 3. The van der Waals surface area contributed by atoms with E-state index < -0.39 is 0 Å². The summed E-state index contributed by atoms with van der Waals surface area (Å²) < 4.78 is 0. The lowest BCUT2D eigenvalue weighted by molar-refractivity contribution is 0.186. The van der Waals surface area contributed by atoms with Crippen LogP contribution in [0, 0.1) is 18.8 Å². The Labute approximate surface area is 96.3 Å². The summed E-state index contributed by atoms with van der Waals surface area (Å²) in [6.07, 6.45) is 0. The first-order valence-electron chi connectivity index (χ1n) is 5.49. The monoisotopic (exact) mass is 227 g/mol. The van der Waals surface area contributed by atoms with Gasteiger partial charge in [-0.25, -0.2) is 0 Å². The molecule has 0 radical (unpaired) electrons. The zero-order valence-electron chi connectivity index (χ0n) is 9.79. The van der Waals surface area contributed by atoms with Gasteiger partial charge >= 0.3 is 0 Å². The zero-order chi connectivity index (χ0) is 11.3. The molecule has 0 saturated heterocycles. The molecule has 1 aromatic rings. The molecule has 86 valence electrons. The summed E-state index contributed by atoms with van der Waals surface area (Å²) in [6, 6.07) is 2.15. The van der Waals surface area contributed by atoms with Gasteiger partial charge in [0.2, 0.25) is 0 Å². The molecular weight excluding hydrogens is 206 g/mol. The first-order valence-corrected chi connectivity index (χ1v) is 6.37. The van der Waals surface area contributed by atoms with Crippen LogP contribution in [0.2, 0.25) is 0 Å². The summed E-state index contributed by atoms with van der Waals surface area (Å²) in [6.45, 7) is 8.53. The van der Waals surface area contributed by atoms with Gasteiger partial charge in [0.1, 0.15) is 0 Å². The van der Waals surface area contributed by atoms with E-state index in [1.165, 1.54) is 10.4 Å². The van der Waals surface area contributed by atoms with Crippen LogP contribution in [0.5, 0.6) is 0 Å². The van der Waals surface area contributed by atoms with Crippen LogP contribution in [0.4, 0.5) is 0 Å². The Morgan fingerprint density at radius 1 is 1.47 bits per heavy atom.